The second kappa shape index (κ2) is 6.85. The number of piperidine rings is 1. The van der Waals surface area contributed by atoms with E-state index in [4.69, 9.17) is 9.47 Å². The first-order valence-electron chi connectivity index (χ1n) is 7.18. The molecule has 4 nitrogen and oxygen atoms in total. The van der Waals surface area contributed by atoms with Crippen LogP contribution in [0.4, 0.5) is 18.0 Å². The van der Waals surface area contributed by atoms with E-state index in [1.54, 1.807) is 20.8 Å². The quantitative estimate of drug-likeness (QED) is 0.799. The van der Waals surface area contributed by atoms with Crippen LogP contribution >= 0.6 is 0 Å². The molecule has 1 aliphatic heterocycles. The third-order valence-corrected chi connectivity index (χ3v) is 3.33. The van der Waals surface area contributed by atoms with Crippen molar-refractivity contribution in [3.8, 4) is 0 Å². The maximum atomic E-state index is 12.3. The number of amides is 1. The minimum absolute atomic E-state index is 0.0334. The fourth-order valence-corrected chi connectivity index (χ4v) is 2.31. The molecule has 2 atom stereocenters. The molecule has 21 heavy (non-hydrogen) atoms. The molecule has 1 aliphatic rings. The van der Waals surface area contributed by atoms with Crippen LogP contribution in [0.5, 0.6) is 0 Å². The monoisotopic (exact) mass is 311 g/mol. The van der Waals surface area contributed by atoms with E-state index >= 15 is 0 Å². The van der Waals surface area contributed by atoms with E-state index in [0.717, 1.165) is 6.42 Å². The molecule has 0 bridgehead atoms. The Morgan fingerprint density at radius 1 is 1.29 bits per heavy atom. The van der Waals surface area contributed by atoms with Crippen LogP contribution < -0.4 is 0 Å². The first-order valence-corrected chi connectivity index (χ1v) is 7.18. The number of ether oxygens (including phenoxy) is 2. The lowest BCUT2D eigenvalue weighted by Gasteiger charge is -2.38. The minimum Gasteiger partial charge on any atom is -0.444 e. The van der Waals surface area contributed by atoms with Gasteiger partial charge in [0.2, 0.25) is 0 Å². The molecular weight excluding hydrogens is 287 g/mol. The van der Waals surface area contributed by atoms with Gasteiger partial charge in [-0.2, -0.15) is 13.2 Å². The summed E-state index contributed by atoms with van der Waals surface area (Å²) in [6.45, 7) is 6.51. The third-order valence-electron chi connectivity index (χ3n) is 3.33. The van der Waals surface area contributed by atoms with Crippen molar-refractivity contribution in [2.24, 2.45) is 5.92 Å². The molecule has 0 aromatic heterocycles. The van der Waals surface area contributed by atoms with E-state index in [9.17, 15) is 18.0 Å². The maximum Gasteiger partial charge on any atom is 0.411 e. The number of halogens is 3. The van der Waals surface area contributed by atoms with Gasteiger partial charge in [-0.05, 0) is 33.1 Å². The van der Waals surface area contributed by atoms with Crippen molar-refractivity contribution in [2.75, 3.05) is 19.7 Å². The van der Waals surface area contributed by atoms with Crippen molar-refractivity contribution in [2.45, 2.75) is 58.4 Å². The summed E-state index contributed by atoms with van der Waals surface area (Å²) < 4.78 is 47.1. The predicted octanol–water partition coefficient (Wildman–Crippen LogP) is 3.60. The first kappa shape index (κ1) is 18.1. The second-order valence-corrected chi connectivity index (χ2v) is 6.35. The highest BCUT2D eigenvalue weighted by Gasteiger charge is 2.36. The number of hydrogen-bond acceptors (Lipinski definition) is 3. The molecule has 1 rings (SSSR count). The van der Waals surface area contributed by atoms with Gasteiger partial charge in [0.05, 0.1) is 12.6 Å². The second-order valence-electron chi connectivity index (χ2n) is 6.35. The number of alkyl halides is 3. The van der Waals surface area contributed by atoms with Crippen molar-refractivity contribution in [3.63, 3.8) is 0 Å². The SMILES string of the molecule is CC[C@@H]1CCN(C(=O)OC(C)(C)C)C[C@H]1OCC(F)(F)F. The molecule has 0 saturated carbocycles. The first-order chi connectivity index (χ1) is 9.52. The Bertz CT molecular complexity index is 352. The molecule has 0 aliphatic carbocycles. The average molecular weight is 311 g/mol. The number of carbonyl (C=O) groups is 1. The van der Waals surface area contributed by atoms with Crippen LogP contribution in [0, 0.1) is 5.92 Å². The molecule has 0 aromatic carbocycles. The van der Waals surface area contributed by atoms with Gasteiger partial charge >= 0.3 is 12.3 Å². The average Bonchev–Trinajstić information content (AvgIpc) is 2.33. The summed E-state index contributed by atoms with van der Waals surface area (Å²) in [7, 11) is 0. The summed E-state index contributed by atoms with van der Waals surface area (Å²) >= 11 is 0. The molecule has 124 valence electrons. The Kier molecular flexibility index (Phi) is 5.90. The van der Waals surface area contributed by atoms with Gasteiger partial charge in [0, 0.05) is 6.54 Å². The van der Waals surface area contributed by atoms with E-state index < -0.39 is 30.6 Å². The van der Waals surface area contributed by atoms with Gasteiger partial charge in [-0.15, -0.1) is 0 Å². The Morgan fingerprint density at radius 3 is 2.38 bits per heavy atom. The summed E-state index contributed by atoms with van der Waals surface area (Å²) in [4.78, 5) is 13.4. The summed E-state index contributed by atoms with van der Waals surface area (Å²) in [5.74, 6) is 0.0334. The smallest absolute Gasteiger partial charge is 0.411 e. The summed E-state index contributed by atoms with van der Waals surface area (Å²) in [6.07, 6.45) is -4.11. The molecule has 0 spiro atoms. The minimum atomic E-state index is -4.35. The van der Waals surface area contributed by atoms with Crippen LogP contribution in [-0.4, -0.2) is 48.6 Å². The Labute approximate surface area is 123 Å². The lowest BCUT2D eigenvalue weighted by atomic mass is 9.91. The van der Waals surface area contributed by atoms with Crippen molar-refractivity contribution in [1.82, 2.24) is 4.90 Å². The normalized spacial score (nSPS) is 24.0. The van der Waals surface area contributed by atoms with Gasteiger partial charge in [-0.25, -0.2) is 4.79 Å². The van der Waals surface area contributed by atoms with Crippen LogP contribution in [0.1, 0.15) is 40.5 Å². The van der Waals surface area contributed by atoms with Crippen LogP contribution in [0.3, 0.4) is 0 Å². The summed E-state index contributed by atoms with van der Waals surface area (Å²) in [5, 5.41) is 0. The van der Waals surface area contributed by atoms with Gasteiger partial charge in [0.1, 0.15) is 12.2 Å². The standard InChI is InChI=1S/C14H24F3NO3/c1-5-10-6-7-18(12(19)21-13(2,3)4)8-11(10)20-9-14(15,16)17/h10-11H,5-9H2,1-4H3/t10-,11-/m1/s1. The van der Waals surface area contributed by atoms with Gasteiger partial charge < -0.3 is 14.4 Å². The van der Waals surface area contributed by atoms with Crippen LogP contribution in [-0.2, 0) is 9.47 Å². The van der Waals surface area contributed by atoms with Crippen molar-refractivity contribution < 1.29 is 27.4 Å². The number of likely N-dealkylation sites (tertiary alicyclic amines) is 1. The van der Waals surface area contributed by atoms with E-state index in [1.807, 2.05) is 6.92 Å². The molecular formula is C14H24F3NO3. The number of carbonyl (C=O) groups excluding carboxylic acids is 1. The zero-order valence-electron chi connectivity index (χ0n) is 13.0. The largest absolute Gasteiger partial charge is 0.444 e. The predicted molar refractivity (Wildman–Crippen MR) is 72.0 cm³/mol. The summed E-state index contributed by atoms with van der Waals surface area (Å²) in [5.41, 5.74) is -0.624. The van der Waals surface area contributed by atoms with Crippen molar-refractivity contribution >= 4 is 6.09 Å². The number of hydrogen-bond donors (Lipinski definition) is 0. The zero-order chi connectivity index (χ0) is 16.3. The van der Waals surface area contributed by atoms with Crippen molar-refractivity contribution in [1.29, 1.82) is 0 Å². The van der Waals surface area contributed by atoms with Crippen molar-refractivity contribution in [3.05, 3.63) is 0 Å². The number of nitrogens with zero attached hydrogens (tertiary/aromatic N) is 1. The van der Waals surface area contributed by atoms with E-state index in [2.05, 4.69) is 0 Å². The highest BCUT2D eigenvalue weighted by molar-refractivity contribution is 5.68. The molecule has 0 radical (unpaired) electrons. The third kappa shape index (κ3) is 6.54. The molecule has 1 amide bonds. The Hall–Kier alpha value is -0.980. The van der Waals surface area contributed by atoms with E-state index in [1.165, 1.54) is 4.90 Å². The molecule has 1 heterocycles. The molecule has 0 aromatic rings. The Morgan fingerprint density at radius 2 is 1.90 bits per heavy atom. The fraction of sp³-hybridized carbons (Fsp3) is 0.929. The van der Waals surface area contributed by atoms with Gasteiger partial charge in [0.25, 0.3) is 0 Å². The molecule has 1 fully saturated rings. The van der Waals surface area contributed by atoms with Crippen LogP contribution in [0.25, 0.3) is 0 Å². The maximum absolute atomic E-state index is 12.3. The Balaban J connectivity index is 2.61. The lowest BCUT2D eigenvalue weighted by molar-refractivity contribution is -0.195. The molecule has 0 unspecified atom stereocenters. The molecule has 7 heteroatoms. The van der Waals surface area contributed by atoms with Gasteiger partial charge in [0.15, 0.2) is 0 Å². The van der Waals surface area contributed by atoms with E-state index in [0.29, 0.717) is 13.0 Å². The topological polar surface area (TPSA) is 38.8 Å². The number of rotatable bonds is 3. The zero-order valence-corrected chi connectivity index (χ0v) is 13.0. The van der Waals surface area contributed by atoms with Gasteiger partial charge in [-0.1, -0.05) is 13.3 Å². The molecule has 1 saturated heterocycles. The fourth-order valence-electron chi connectivity index (χ4n) is 2.31. The lowest BCUT2D eigenvalue weighted by Crippen LogP contribution is -2.49. The summed E-state index contributed by atoms with van der Waals surface area (Å²) in [6, 6.07) is 0. The molecule has 0 N–H and O–H groups in total. The highest BCUT2D eigenvalue weighted by atomic mass is 19.4. The van der Waals surface area contributed by atoms with Gasteiger partial charge in [-0.3, -0.25) is 0 Å². The van der Waals surface area contributed by atoms with Crippen LogP contribution in [0.2, 0.25) is 0 Å². The van der Waals surface area contributed by atoms with E-state index in [-0.39, 0.29) is 12.5 Å². The van der Waals surface area contributed by atoms with Crippen LogP contribution in [0.15, 0.2) is 0 Å². The highest BCUT2D eigenvalue weighted by Crippen LogP contribution is 2.26.